The molecule has 132 valence electrons. The summed E-state index contributed by atoms with van der Waals surface area (Å²) in [5.74, 6) is -0.351. The van der Waals surface area contributed by atoms with Crippen LogP contribution in [0, 0.1) is 0 Å². The van der Waals surface area contributed by atoms with Crippen LogP contribution in [0.5, 0.6) is 5.75 Å². The fraction of sp³-hybridized carbons (Fsp3) is 0.238. The number of nitrogens with zero attached hydrogens (tertiary/aromatic N) is 1. The summed E-state index contributed by atoms with van der Waals surface area (Å²) in [5.41, 5.74) is 5.29. The van der Waals surface area contributed by atoms with E-state index in [4.69, 9.17) is 4.74 Å². The Morgan fingerprint density at radius 2 is 2.00 bits per heavy atom. The van der Waals surface area contributed by atoms with Crippen molar-refractivity contribution in [3.63, 3.8) is 0 Å². The number of allylic oxidation sites excluding steroid dienone is 1. The first-order valence-corrected chi connectivity index (χ1v) is 8.52. The molecule has 4 rings (SSSR count). The number of fused-ring (bicyclic) bond motifs is 2. The third-order valence-corrected chi connectivity index (χ3v) is 5.25. The van der Waals surface area contributed by atoms with Gasteiger partial charge in [-0.05, 0) is 47.2 Å². The van der Waals surface area contributed by atoms with E-state index < -0.39 is 5.97 Å². The molecule has 1 N–H and O–H groups in total. The van der Waals surface area contributed by atoms with Crippen LogP contribution in [-0.4, -0.2) is 31.1 Å². The third kappa shape index (κ3) is 2.39. The molecule has 5 nitrogen and oxygen atoms in total. The first kappa shape index (κ1) is 16.4. The molecular weight excluding hydrogens is 330 g/mol. The van der Waals surface area contributed by atoms with Crippen molar-refractivity contribution in [2.24, 2.45) is 0 Å². The highest BCUT2D eigenvalue weighted by Gasteiger charge is 2.37. The lowest BCUT2D eigenvalue weighted by molar-refractivity contribution is -0.137. The third-order valence-electron chi connectivity index (χ3n) is 5.25. The smallest absolute Gasteiger partial charge is 0.303 e. The zero-order valence-corrected chi connectivity index (χ0v) is 14.7. The molecule has 5 heteroatoms. The summed E-state index contributed by atoms with van der Waals surface area (Å²) >= 11 is 0. The van der Waals surface area contributed by atoms with Gasteiger partial charge in [-0.1, -0.05) is 24.3 Å². The van der Waals surface area contributed by atoms with Crippen molar-refractivity contribution in [3.05, 3.63) is 59.2 Å². The number of anilines is 1. The van der Waals surface area contributed by atoms with Crippen LogP contribution in [0.25, 0.3) is 11.1 Å². The molecule has 0 bridgehead atoms. The number of benzene rings is 2. The van der Waals surface area contributed by atoms with Crippen LogP contribution < -0.4 is 9.64 Å². The first-order valence-electron chi connectivity index (χ1n) is 8.52. The molecule has 0 saturated carbocycles. The zero-order valence-electron chi connectivity index (χ0n) is 14.7. The van der Waals surface area contributed by atoms with E-state index in [9.17, 15) is 14.7 Å². The Morgan fingerprint density at radius 1 is 1.23 bits per heavy atom. The predicted molar refractivity (Wildman–Crippen MR) is 99.3 cm³/mol. The van der Waals surface area contributed by atoms with Crippen LogP contribution in [0.3, 0.4) is 0 Å². The molecule has 1 amide bonds. The Morgan fingerprint density at radius 3 is 2.73 bits per heavy atom. The molecule has 0 radical (unpaired) electrons. The fourth-order valence-corrected chi connectivity index (χ4v) is 4.04. The van der Waals surface area contributed by atoms with Gasteiger partial charge in [-0.25, -0.2) is 0 Å². The van der Waals surface area contributed by atoms with Crippen molar-refractivity contribution >= 4 is 28.7 Å². The topological polar surface area (TPSA) is 66.8 Å². The maximum Gasteiger partial charge on any atom is 0.303 e. The molecule has 0 saturated heterocycles. The number of rotatable bonds is 3. The molecule has 26 heavy (non-hydrogen) atoms. The quantitative estimate of drug-likeness (QED) is 0.861. The number of likely N-dealkylation sites (N-methyl/N-ethyl adjacent to an activating group) is 1. The van der Waals surface area contributed by atoms with E-state index in [1.807, 2.05) is 42.5 Å². The number of carbonyl (C=O) groups is 2. The number of carboxylic acids is 1. The van der Waals surface area contributed by atoms with E-state index >= 15 is 0 Å². The molecule has 2 aromatic carbocycles. The summed E-state index contributed by atoms with van der Waals surface area (Å²) in [6.45, 7) is 0. The van der Waals surface area contributed by atoms with Crippen molar-refractivity contribution in [1.29, 1.82) is 0 Å². The van der Waals surface area contributed by atoms with E-state index in [2.05, 4.69) is 0 Å². The second-order valence-corrected chi connectivity index (χ2v) is 6.69. The minimum atomic E-state index is -0.842. The van der Waals surface area contributed by atoms with Gasteiger partial charge in [0, 0.05) is 12.6 Å². The van der Waals surface area contributed by atoms with Crippen molar-refractivity contribution in [3.8, 4) is 5.75 Å². The van der Waals surface area contributed by atoms with Gasteiger partial charge in [0.05, 0.1) is 24.8 Å². The summed E-state index contributed by atoms with van der Waals surface area (Å²) in [6, 6.07) is 13.4. The molecule has 2 aliphatic rings. The van der Waals surface area contributed by atoms with Crippen molar-refractivity contribution in [2.75, 3.05) is 19.1 Å². The van der Waals surface area contributed by atoms with E-state index in [0.717, 1.165) is 28.0 Å². The molecule has 0 fully saturated rings. The lowest BCUT2D eigenvalue weighted by Crippen LogP contribution is -2.20. The number of aliphatic carboxylic acids is 1. The molecule has 1 heterocycles. The number of hydrogen-bond donors (Lipinski definition) is 1. The lowest BCUT2D eigenvalue weighted by atomic mass is 9.96. The van der Waals surface area contributed by atoms with Crippen LogP contribution in [0.1, 0.15) is 35.4 Å². The molecule has 0 spiro atoms. The summed E-state index contributed by atoms with van der Waals surface area (Å²) in [6.07, 6.45) is 0.570. The van der Waals surface area contributed by atoms with Gasteiger partial charge in [0.15, 0.2) is 0 Å². The Labute approximate surface area is 151 Å². The van der Waals surface area contributed by atoms with Crippen molar-refractivity contribution in [2.45, 2.75) is 18.8 Å². The van der Waals surface area contributed by atoms with E-state index in [-0.39, 0.29) is 18.2 Å². The molecule has 0 aromatic heterocycles. The molecular formula is C21H19NO4. The van der Waals surface area contributed by atoms with E-state index in [1.165, 1.54) is 0 Å². The number of para-hydroxylation sites is 1. The number of carbonyl (C=O) groups excluding carboxylic acids is 1. The average molecular weight is 349 g/mol. The molecule has 1 unspecified atom stereocenters. The average Bonchev–Trinajstić information content (AvgIpc) is 3.10. The van der Waals surface area contributed by atoms with Gasteiger partial charge >= 0.3 is 5.97 Å². The highest BCUT2D eigenvalue weighted by molar-refractivity contribution is 6.37. The number of amides is 1. The highest BCUT2D eigenvalue weighted by atomic mass is 16.5. The maximum absolute atomic E-state index is 12.9. The molecule has 1 aliphatic heterocycles. The maximum atomic E-state index is 12.9. The van der Waals surface area contributed by atoms with Gasteiger partial charge in [-0.15, -0.1) is 0 Å². The van der Waals surface area contributed by atoms with E-state index in [0.29, 0.717) is 17.7 Å². The number of ether oxygens (including phenoxy) is 1. The lowest BCUT2D eigenvalue weighted by Gasteiger charge is -2.09. The molecule has 1 aliphatic carbocycles. The minimum Gasteiger partial charge on any atom is -0.497 e. The Hall–Kier alpha value is -3.08. The van der Waals surface area contributed by atoms with Crippen LogP contribution in [-0.2, 0) is 9.59 Å². The van der Waals surface area contributed by atoms with E-state index in [1.54, 1.807) is 19.1 Å². The van der Waals surface area contributed by atoms with Gasteiger partial charge in [-0.2, -0.15) is 0 Å². The first-order chi connectivity index (χ1) is 12.5. The van der Waals surface area contributed by atoms with Crippen LogP contribution >= 0.6 is 0 Å². The Bertz CT molecular complexity index is 960. The number of hydrogen-bond acceptors (Lipinski definition) is 3. The Balaban J connectivity index is 1.93. The SMILES string of the molecule is COc1ccc2c(c1)C(CC(=O)O)CC2=C1C(=O)N(C)c2ccccc21. The van der Waals surface area contributed by atoms with Crippen molar-refractivity contribution < 1.29 is 19.4 Å². The summed E-state index contributed by atoms with van der Waals surface area (Å²) < 4.78 is 5.31. The second kappa shape index (κ2) is 6.02. The van der Waals surface area contributed by atoms with Gasteiger partial charge < -0.3 is 14.7 Å². The largest absolute Gasteiger partial charge is 0.497 e. The highest BCUT2D eigenvalue weighted by Crippen LogP contribution is 2.50. The van der Waals surface area contributed by atoms with Gasteiger partial charge in [0.1, 0.15) is 5.75 Å². The van der Waals surface area contributed by atoms with Gasteiger partial charge in [0.2, 0.25) is 0 Å². The predicted octanol–water partition coefficient (Wildman–Crippen LogP) is 3.54. The van der Waals surface area contributed by atoms with Crippen molar-refractivity contribution in [1.82, 2.24) is 0 Å². The minimum absolute atomic E-state index is 0.0304. The molecule has 1 atom stereocenters. The normalized spacial score (nSPS) is 20.9. The van der Waals surface area contributed by atoms with Crippen LogP contribution in [0.2, 0.25) is 0 Å². The van der Waals surface area contributed by atoms with Gasteiger partial charge in [0.25, 0.3) is 5.91 Å². The second-order valence-electron chi connectivity index (χ2n) is 6.69. The number of carboxylic acid groups (broad SMARTS) is 1. The Kier molecular flexibility index (Phi) is 3.80. The van der Waals surface area contributed by atoms with Crippen LogP contribution in [0.15, 0.2) is 42.5 Å². The standard InChI is InChI=1S/C21H19NO4/c1-22-18-6-4-3-5-15(18)20(21(22)25)17-9-12(10-19(23)24)16-11-13(26-2)7-8-14(16)17/h3-8,11-12H,9-10H2,1-2H3,(H,23,24). The van der Waals surface area contributed by atoms with Gasteiger partial charge in [-0.3, -0.25) is 9.59 Å². The molecule has 2 aromatic rings. The number of methoxy groups -OCH3 is 1. The zero-order chi connectivity index (χ0) is 18.4. The summed E-state index contributed by atoms with van der Waals surface area (Å²) in [4.78, 5) is 25.9. The van der Waals surface area contributed by atoms with Crippen LogP contribution in [0.4, 0.5) is 5.69 Å². The monoisotopic (exact) mass is 349 g/mol. The summed E-state index contributed by atoms with van der Waals surface area (Å²) in [7, 11) is 3.36. The summed E-state index contributed by atoms with van der Waals surface area (Å²) in [5, 5.41) is 9.31. The fourth-order valence-electron chi connectivity index (χ4n) is 4.04.